The molecule has 0 aliphatic carbocycles. The first-order valence-corrected chi connectivity index (χ1v) is 6.28. The molecule has 4 heteroatoms. The maximum atomic E-state index is 6.02. The SMILES string of the molecule is C=CCc1cccnc1B1OC(C)(C)C(C)(C)O1. The van der Waals surface area contributed by atoms with Crippen LogP contribution in [0.5, 0.6) is 0 Å². The van der Waals surface area contributed by atoms with Crippen LogP contribution in [0.4, 0.5) is 0 Å². The van der Waals surface area contributed by atoms with E-state index in [0.717, 1.165) is 17.6 Å². The Balaban J connectivity index is 2.32. The number of rotatable bonds is 3. The van der Waals surface area contributed by atoms with Crippen molar-refractivity contribution in [3.05, 3.63) is 36.5 Å². The van der Waals surface area contributed by atoms with Crippen LogP contribution in [0.3, 0.4) is 0 Å². The zero-order valence-electron chi connectivity index (χ0n) is 11.6. The highest BCUT2D eigenvalue weighted by atomic mass is 16.7. The summed E-state index contributed by atoms with van der Waals surface area (Å²) < 4.78 is 12.0. The Kier molecular flexibility index (Phi) is 3.34. The second kappa shape index (κ2) is 4.52. The molecule has 2 rings (SSSR count). The molecule has 1 aromatic rings. The molecule has 1 aromatic heterocycles. The summed E-state index contributed by atoms with van der Waals surface area (Å²) in [5, 5.41) is 0. The van der Waals surface area contributed by atoms with Crippen molar-refractivity contribution in [2.45, 2.75) is 45.3 Å². The van der Waals surface area contributed by atoms with Crippen molar-refractivity contribution < 1.29 is 9.31 Å². The van der Waals surface area contributed by atoms with Crippen molar-refractivity contribution in [2.24, 2.45) is 0 Å². The average Bonchev–Trinajstić information content (AvgIpc) is 2.49. The van der Waals surface area contributed by atoms with E-state index in [4.69, 9.17) is 9.31 Å². The van der Waals surface area contributed by atoms with Gasteiger partial charge in [0.2, 0.25) is 0 Å². The molecule has 1 aliphatic heterocycles. The van der Waals surface area contributed by atoms with Crippen molar-refractivity contribution in [2.75, 3.05) is 0 Å². The topological polar surface area (TPSA) is 31.4 Å². The van der Waals surface area contributed by atoms with Gasteiger partial charge < -0.3 is 9.31 Å². The molecule has 2 heterocycles. The molecule has 0 spiro atoms. The van der Waals surface area contributed by atoms with Gasteiger partial charge in [-0.2, -0.15) is 0 Å². The molecule has 0 amide bonds. The molecule has 0 aromatic carbocycles. The van der Waals surface area contributed by atoms with Gasteiger partial charge in [0.1, 0.15) is 0 Å². The molecule has 0 radical (unpaired) electrons. The molecule has 18 heavy (non-hydrogen) atoms. The van der Waals surface area contributed by atoms with Gasteiger partial charge in [0.25, 0.3) is 0 Å². The lowest BCUT2D eigenvalue weighted by atomic mass is 9.80. The van der Waals surface area contributed by atoms with Gasteiger partial charge in [-0.15, -0.1) is 6.58 Å². The molecule has 1 fully saturated rings. The second-order valence-corrected chi connectivity index (χ2v) is 5.63. The van der Waals surface area contributed by atoms with E-state index in [1.54, 1.807) is 6.20 Å². The van der Waals surface area contributed by atoms with Crippen LogP contribution in [0.15, 0.2) is 31.0 Å². The molecule has 0 atom stereocenters. The monoisotopic (exact) mass is 245 g/mol. The molecule has 3 nitrogen and oxygen atoms in total. The lowest BCUT2D eigenvalue weighted by molar-refractivity contribution is 0.00578. The fourth-order valence-electron chi connectivity index (χ4n) is 1.95. The lowest BCUT2D eigenvalue weighted by Gasteiger charge is -2.32. The largest absolute Gasteiger partial charge is 0.514 e. The van der Waals surface area contributed by atoms with E-state index in [0.29, 0.717) is 0 Å². The quantitative estimate of drug-likeness (QED) is 0.603. The molecule has 96 valence electrons. The second-order valence-electron chi connectivity index (χ2n) is 5.63. The minimum Gasteiger partial charge on any atom is -0.398 e. The van der Waals surface area contributed by atoms with Crippen molar-refractivity contribution in [1.82, 2.24) is 4.98 Å². The van der Waals surface area contributed by atoms with Gasteiger partial charge in [-0.25, -0.2) is 0 Å². The molecule has 0 saturated carbocycles. The smallest absolute Gasteiger partial charge is 0.398 e. The maximum Gasteiger partial charge on any atom is 0.514 e. The summed E-state index contributed by atoms with van der Waals surface area (Å²) >= 11 is 0. The van der Waals surface area contributed by atoms with Crippen LogP contribution in [0.2, 0.25) is 0 Å². The van der Waals surface area contributed by atoms with Crippen molar-refractivity contribution in [3.63, 3.8) is 0 Å². The number of hydrogen-bond acceptors (Lipinski definition) is 3. The Labute approximate surface area is 109 Å². The third kappa shape index (κ3) is 2.23. The molecule has 1 aliphatic rings. The maximum absolute atomic E-state index is 6.02. The molecular formula is C14H20BNO2. The van der Waals surface area contributed by atoms with Crippen LogP contribution < -0.4 is 5.59 Å². The van der Waals surface area contributed by atoms with E-state index >= 15 is 0 Å². The standard InChI is InChI=1S/C14H20BNO2/c1-6-8-11-9-7-10-16-12(11)15-17-13(2,3)14(4,5)18-15/h6-7,9-10H,1,8H2,2-5H3. The van der Waals surface area contributed by atoms with E-state index in [2.05, 4.69) is 11.6 Å². The number of pyridine rings is 1. The predicted molar refractivity (Wildman–Crippen MR) is 73.9 cm³/mol. The van der Waals surface area contributed by atoms with Gasteiger partial charge in [0.05, 0.1) is 16.8 Å². The summed E-state index contributed by atoms with van der Waals surface area (Å²) in [6.45, 7) is 12.0. The van der Waals surface area contributed by atoms with Crippen molar-refractivity contribution >= 4 is 12.7 Å². The van der Waals surface area contributed by atoms with E-state index in [-0.39, 0.29) is 11.2 Å². The minimum atomic E-state index is -0.397. The van der Waals surface area contributed by atoms with Crippen LogP contribution in [0.1, 0.15) is 33.3 Å². The van der Waals surface area contributed by atoms with E-state index < -0.39 is 7.12 Å². The highest BCUT2D eigenvalue weighted by Gasteiger charge is 2.52. The Bertz CT molecular complexity index is 441. The lowest BCUT2D eigenvalue weighted by Crippen LogP contribution is -2.41. The summed E-state index contributed by atoms with van der Waals surface area (Å²) in [6, 6.07) is 3.96. The first-order chi connectivity index (χ1) is 8.37. The van der Waals surface area contributed by atoms with Crippen LogP contribution in [0.25, 0.3) is 0 Å². The number of aromatic nitrogens is 1. The van der Waals surface area contributed by atoms with E-state index in [1.165, 1.54) is 0 Å². The first-order valence-electron chi connectivity index (χ1n) is 6.28. The fraction of sp³-hybridized carbons (Fsp3) is 0.500. The summed E-state index contributed by atoms with van der Waals surface area (Å²) in [6.07, 6.45) is 4.41. The molecule has 0 bridgehead atoms. The molecular weight excluding hydrogens is 225 g/mol. The van der Waals surface area contributed by atoms with Gasteiger partial charge in [0.15, 0.2) is 0 Å². The van der Waals surface area contributed by atoms with Crippen LogP contribution in [0, 0.1) is 0 Å². The molecule has 1 saturated heterocycles. The highest BCUT2D eigenvalue weighted by molar-refractivity contribution is 6.61. The Hall–Kier alpha value is -1.13. The summed E-state index contributed by atoms with van der Waals surface area (Å²) in [5.41, 5.74) is 1.29. The molecule has 0 unspecified atom stereocenters. The summed E-state index contributed by atoms with van der Waals surface area (Å²) in [5.74, 6) is 0. The van der Waals surface area contributed by atoms with E-state index in [9.17, 15) is 0 Å². The third-order valence-corrected chi connectivity index (χ3v) is 3.77. The van der Waals surface area contributed by atoms with Crippen LogP contribution in [-0.4, -0.2) is 23.3 Å². The zero-order valence-corrected chi connectivity index (χ0v) is 11.6. The van der Waals surface area contributed by atoms with Gasteiger partial charge >= 0.3 is 7.12 Å². The Morgan fingerprint density at radius 1 is 1.28 bits per heavy atom. The molecule has 0 N–H and O–H groups in total. The fourth-order valence-corrected chi connectivity index (χ4v) is 1.95. The first kappa shape index (κ1) is 13.3. The van der Waals surface area contributed by atoms with Crippen molar-refractivity contribution in [3.8, 4) is 0 Å². The zero-order chi connectivity index (χ0) is 13.4. The predicted octanol–water partition coefficient (Wildman–Crippen LogP) is 2.11. The van der Waals surface area contributed by atoms with Crippen LogP contribution in [-0.2, 0) is 15.7 Å². The van der Waals surface area contributed by atoms with Crippen LogP contribution >= 0.6 is 0 Å². The average molecular weight is 245 g/mol. The summed E-state index contributed by atoms with van der Waals surface area (Å²) in [7, 11) is -0.397. The number of hydrogen-bond donors (Lipinski definition) is 0. The van der Waals surface area contributed by atoms with Gasteiger partial charge in [0, 0.05) is 6.20 Å². The van der Waals surface area contributed by atoms with Crippen molar-refractivity contribution in [1.29, 1.82) is 0 Å². The summed E-state index contributed by atoms with van der Waals surface area (Å²) in [4.78, 5) is 4.41. The van der Waals surface area contributed by atoms with Gasteiger partial charge in [-0.1, -0.05) is 12.1 Å². The highest BCUT2D eigenvalue weighted by Crippen LogP contribution is 2.36. The van der Waals surface area contributed by atoms with E-state index in [1.807, 2.05) is 45.9 Å². The normalized spacial score (nSPS) is 21.0. The van der Waals surface area contributed by atoms with Gasteiger partial charge in [-0.3, -0.25) is 4.98 Å². The Morgan fingerprint density at radius 2 is 1.89 bits per heavy atom. The number of allylic oxidation sites excluding steroid dienone is 1. The Morgan fingerprint density at radius 3 is 2.44 bits per heavy atom. The third-order valence-electron chi connectivity index (χ3n) is 3.77. The minimum absolute atomic E-state index is 0.333. The number of nitrogens with zero attached hydrogens (tertiary/aromatic N) is 1. The van der Waals surface area contributed by atoms with Gasteiger partial charge in [-0.05, 0) is 45.7 Å².